The predicted octanol–water partition coefficient (Wildman–Crippen LogP) is 4.75. The van der Waals surface area contributed by atoms with Crippen molar-refractivity contribution in [1.29, 1.82) is 0 Å². The number of fused-ring (bicyclic) bond motifs is 1. The number of nitrogens with one attached hydrogen (secondary N) is 2. The Morgan fingerprint density at radius 3 is 2.41 bits per heavy atom. The van der Waals surface area contributed by atoms with E-state index in [0.29, 0.717) is 12.0 Å². The molecule has 1 unspecified atom stereocenters. The zero-order chi connectivity index (χ0) is 26.4. The number of aliphatic hydroxyl groups excluding tert-OH is 1. The maximum absolute atomic E-state index is 13.3. The molecule has 0 fully saturated rings. The maximum atomic E-state index is 13.3. The van der Waals surface area contributed by atoms with E-state index in [2.05, 4.69) is 39.6 Å². The molecular weight excluding hydrogens is 466 g/mol. The molecule has 0 aliphatic rings. The van der Waals surface area contributed by atoms with Crippen LogP contribution in [0.25, 0.3) is 22.2 Å². The molecule has 7 nitrogen and oxygen atoms in total. The first-order valence-electron chi connectivity index (χ1n) is 12.6. The fourth-order valence-corrected chi connectivity index (χ4v) is 4.60. The molecular formula is C30H33N3O4. The minimum atomic E-state index is -0.728. The standard InChI is InChI=1S/C30H33N3O4/c1-4-37-30(36)25(18-34)16-26(15-21-10-12-23(13-11-21)22-8-6-5-7-9-22)33-29(35)24-14-19(2)28-27(17-24)31-20(3)32-28/h5-14,17,25-26,34H,4,15-16,18H2,1-3H3,(H,31,32)(H,33,35)/t25?,26-/m0/s1. The highest BCUT2D eigenvalue weighted by Crippen LogP contribution is 2.22. The van der Waals surface area contributed by atoms with Crippen molar-refractivity contribution >= 4 is 22.9 Å². The largest absolute Gasteiger partial charge is 0.466 e. The molecule has 3 N–H and O–H groups in total. The number of esters is 1. The lowest BCUT2D eigenvalue weighted by Gasteiger charge is -2.23. The molecule has 4 rings (SSSR count). The van der Waals surface area contributed by atoms with E-state index in [1.165, 1.54) is 0 Å². The van der Waals surface area contributed by atoms with Gasteiger partial charge in [-0.1, -0.05) is 54.6 Å². The number of amides is 1. The van der Waals surface area contributed by atoms with Crippen LogP contribution in [0.15, 0.2) is 66.7 Å². The summed E-state index contributed by atoms with van der Waals surface area (Å²) in [7, 11) is 0. The second-order valence-corrected chi connectivity index (χ2v) is 9.32. The number of aromatic amines is 1. The van der Waals surface area contributed by atoms with Crippen LogP contribution in [0.4, 0.5) is 0 Å². The van der Waals surface area contributed by atoms with Gasteiger partial charge in [0, 0.05) is 11.6 Å². The SMILES string of the molecule is CCOC(=O)C(CO)C[C@H](Cc1ccc(-c2ccccc2)cc1)NC(=O)c1cc(C)c2nc(C)[nH]c2c1. The zero-order valence-electron chi connectivity index (χ0n) is 21.5. The second-order valence-electron chi connectivity index (χ2n) is 9.32. The first-order chi connectivity index (χ1) is 17.9. The third-order valence-electron chi connectivity index (χ3n) is 6.45. The van der Waals surface area contributed by atoms with E-state index in [1.807, 2.05) is 50.2 Å². The third kappa shape index (κ3) is 6.43. The molecule has 1 amide bonds. The van der Waals surface area contributed by atoms with Crippen LogP contribution in [-0.2, 0) is 16.0 Å². The summed E-state index contributed by atoms with van der Waals surface area (Å²) in [5.41, 5.74) is 6.29. The Balaban J connectivity index is 1.56. The van der Waals surface area contributed by atoms with Crippen LogP contribution in [0.5, 0.6) is 0 Å². The predicted molar refractivity (Wildman–Crippen MR) is 144 cm³/mol. The monoisotopic (exact) mass is 499 g/mol. The number of aliphatic hydroxyl groups is 1. The Bertz CT molecular complexity index is 1360. The minimum absolute atomic E-state index is 0.232. The molecule has 0 aliphatic heterocycles. The fourth-order valence-electron chi connectivity index (χ4n) is 4.60. The Labute approximate surface area is 216 Å². The molecule has 1 aromatic heterocycles. The van der Waals surface area contributed by atoms with Gasteiger partial charge in [-0.15, -0.1) is 0 Å². The maximum Gasteiger partial charge on any atom is 0.311 e. The lowest BCUT2D eigenvalue weighted by Crippen LogP contribution is -2.40. The lowest BCUT2D eigenvalue weighted by atomic mass is 9.94. The van der Waals surface area contributed by atoms with Gasteiger partial charge < -0.3 is 20.1 Å². The number of carbonyl (C=O) groups excluding carboxylic acids is 2. The Morgan fingerprint density at radius 2 is 1.73 bits per heavy atom. The normalized spacial score (nSPS) is 12.8. The Hall–Kier alpha value is -3.97. The molecule has 0 aliphatic carbocycles. The third-order valence-corrected chi connectivity index (χ3v) is 6.45. The number of imidazole rings is 1. The van der Waals surface area contributed by atoms with Crippen molar-refractivity contribution in [2.45, 2.75) is 39.7 Å². The molecule has 7 heteroatoms. The van der Waals surface area contributed by atoms with Crippen LogP contribution in [0.1, 0.15) is 40.7 Å². The number of nitrogens with zero attached hydrogens (tertiary/aromatic N) is 1. The first-order valence-corrected chi connectivity index (χ1v) is 12.6. The van der Waals surface area contributed by atoms with Gasteiger partial charge in [-0.3, -0.25) is 9.59 Å². The summed E-state index contributed by atoms with van der Waals surface area (Å²) in [5, 5.41) is 13.0. The number of carbonyl (C=O) groups is 2. The summed E-state index contributed by atoms with van der Waals surface area (Å²) in [6, 6.07) is 21.5. The number of H-pyrrole nitrogens is 1. The number of aromatic nitrogens is 2. The highest BCUT2D eigenvalue weighted by atomic mass is 16.5. The number of hydrogen-bond acceptors (Lipinski definition) is 5. The van der Waals surface area contributed by atoms with E-state index in [1.54, 1.807) is 13.0 Å². The summed E-state index contributed by atoms with van der Waals surface area (Å²) >= 11 is 0. The van der Waals surface area contributed by atoms with Gasteiger partial charge in [0.15, 0.2) is 0 Å². The molecule has 37 heavy (non-hydrogen) atoms. The van der Waals surface area contributed by atoms with Crippen LogP contribution < -0.4 is 5.32 Å². The molecule has 0 radical (unpaired) electrons. The van der Waals surface area contributed by atoms with Crippen LogP contribution in [-0.4, -0.2) is 46.2 Å². The van der Waals surface area contributed by atoms with Crippen molar-refractivity contribution in [3.8, 4) is 11.1 Å². The summed E-state index contributed by atoms with van der Waals surface area (Å²) in [4.78, 5) is 33.4. The Kier molecular flexibility index (Phi) is 8.36. The highest BCUT2D eigenvalue weighted by molar-refractivity contribution is 5.98. The summed E-state index contributed by atoms with van der Waals surface area (Å²) in [6.45, 7) is 5.42. The number of aryl methyl sites for hydroxylation is 2. The number of hydrogen-bond donors (Lipinski definition) is 3. The van der Waals surface area contributed by atoms with Crippen molar-refractivity contribution in [1.82, 2.24) is 15.3 Å². The van der Waals surface area contributed by atoms with Gasteiger partial charge >= 0.3 is 5.97 Å². The van der Waals surface area contributed by atoms with E-state index in [9.17, 15) is 14.7 Å². The lowest BCUT2D eigenvalue weighted by molar-refractivity contribution is -0.149. The summed E-state index contributed by atoms with van der Waals surface area (Å²) in [5.74, 6) is -0.654. The molecule has 0 spiro atoms. The quantitative estimate of drug-likeness (QED) is 0.273. The molecule has 0 saturated carbocycles. The van der Waals surface area contributed by atoms with Gasteiger partial charge in [-0.2, -0.15) is 0 Å². The molecule has 3 aromatic carbocycles. The second kappa shape index (κ2) is 11.8. The molecule has 192 valence electrons. The van der Waals surface area contributed by atoms with E-state index >= 15 is 0 Å². The molecule has 2 atom stereocenters. The van der Waals surface area contributed by atoms with Gasteiger partial charge in [0.25, 0.3) is 5.91 Å². The number of benzene rings is 3. The Morgan fingerprint density at radius 1 is 1.03 bits per heavy atom. The number of rotatable bonds is 10. The van der Waals surface area contributed by atoms with E-state index in [0.717, 1.165) is 39.1 Å². The molecule has 4 aromatic rings. The van der Waals surface area contributed by atoms with Crippen molar-refractivity contribution in [2.75, 3.05) is 13.2 Å². The van der Waals surface area contributed by atoms with Gasteiger partial charge in [0.1, 0.15) is 5.82 Å². The molecule has 1 heterocycles. The fraction of sp³-hybridized carbons (Fsp3) is 0.300. The average molecular weight is 500 g/mol. The molecule has 0 bridgehead atoms. The van der Waals surface area contributed by atoms with Gasteiger partial charge in [0.2, 0.25) is 0 Å². The molecule has 0 saturated heterocycles. The van der Waals surface area contributed by atoms with E-state index in [4.69, 9.17) is 4.74 Å². The van der Waals surface area contributed by atoms with Crippen molar-refractivity contribution < 1.29 is 19.4 Å². The van der Waals surface area contributed by atoms with Crippen molar-refractivity contribution in [3.05, 3.63) is 89.2 Å². The summed E-state index contributed by atoms with van der Waals surface area (Å²) < 4.78 is 5.14. The summed E-state index contributed by atoms with van der Waals surface area (Å²) in [6.07, 6.45) is 0.757. The van der Waals surface area contributed by atoms with Crippen molar-refractivity contribution in [2.24, 2.45) is 5.92 Å². The van der Waals surface area contributed by atoms with Crippen LogP contribution in [0.2, 0.25) is 0 Å². The zero-order valence-corrected chi connectivity index (χ0v) is 21.5. The average Bonchev–Trinajstić information content (AvgIpc) is 3.29. The topological polar surface area (TPSA) is 104 Å². The van der Waals surface area contributed by atoms with E-state index < -0.39 is 17.9 Å². The van der Waals surface area contributed by atoms with Gasteiger partial charge in [0.05, 0.1) is 30.2 Å². The first kappa shape index (κ1) is 26.1. The smallest absolute Gasteiger partial charge is 0.311 e. The minimum Gasteiger partial charge on any atom is -0.466 e. The van der Waals surface area contributed by atoms with Crippen molar-refractivity contribution in [3.63, 3.8) is 0 Å². The van der Waals surface area contributed by atoms with Crippen LogP contribution >= 0.6 is 0 Å². The van der Waals surface area contributed by atoms with Crippen LogP contribution in [0, 0.1) is 19.8 Å². The van der Waals surface area contributed by atoms with E-state index in [-0.39, 0.29) is 25.5 Å². The van der Waals surface area contributed by atoms with Gasteiger partial charge in [-0.05, 0) is 68.0 Å². The highest BCUT2D eigenvalue weighted by Gasteiger charge is 2.26. The van der Waals surface area contributed by atoms with Gasteiger partial charge in [-0.25, -0.2) is 4.98 Å². The number of ether oxygens (including phenoxy) is 1. The van der Waals surface area contributed by atoms with Crippen LogP contribution in [0.3, 0.4) is 0 Å².